The van der Waals surface area contributed by atoms with Crippen LogP contribution in [0.2, 0.25) is 0 Å². The summed E-state index contributed by atoms with van der Waals surface area (Å²) in [5, 5.41) is 0. The molecule has 0 saturated heterocycles. The summed E-state index contributed by atoms with van der Waals surface area (Å²) < 4.78 is 44.2. The summed E-state index contributed by atoms with van der Waals surface area (Å²) in [4.78, 5) is 21.6. The van der Waals surface area contributed by atoms with Gasteiger partial charge in [-0.05, 0) is 12.5 Å². The van der Waals surface area contributed by atoms with Crippen molar-refractivity contribution in [1.82, 2.24) is 0 Å². The normalized spacial score (nSPS) is 12.8. The molecule has 0 heterocycles. The summed E-state index contributed by atoms with van der Waals surface area (Å²) in [6.07, 6.45) is -6.47. The predicted octanol–water partition coefficient (Wildman–Crippen LogP) is 2.22. The highest BCUT2D eigenvalue weighted by molar-refractivity contribution is 5.90. The Morgan fingerprint density at radius 2 is 1.79 bits per heavy atom. The number of hydrogen-bond donors (Lipinski definition) is 0. The summed E-state index contributed by atoms with van der Waals surface area (Å²) in [5.74, 6) is -3.93. The molecule has 0 saturated carbocycles. The number of hydrogen-bond acceptors (Lipinski definition) is 4. The highest BCUT2D eigenvalue weighted by Crippen LogP contribution is 2.17. The van der Waals surface area contributed by atoms with Crippen LogP contribution in [0.3, 0.4) is 0 Å². The van der Waals surface area contributed by atoms with Crippen LogP contribution in [0.15, 0.2) is 30.3 Å². The van der Waals surface area contributed by atoms with E-state index in [0.717, 1.165) is 5.56 Å². The lowest BCUT2D eigenvalue weighted by Crippen LogP contribution is -2.33. The topological polar surface area (TPSA) is 52.6 Å². The van der Waals surface area contributed by atoms with Gasteiger partial charge in [0.1, 0.15) is 0 Å². The smallest absolute Gasteiger partial charge is 0.384 e. The summed E-state index contributed by atoms with van der Waals surface area (Å²) >= 11 is 0. The van der Waals surface area contributed by atoms with Gasteiger partial charge in [0, 0.05) is 0 Å². The number of halogens is 3. The third kappa shape index (κ3) is 5.09. The fourth-order valence-electron chi connectivity index (χ4n) is 1.10. The van der Waals surface area contributed by atoms with E-state index in [1.807, 2.05) is 0 Å². The Kier molecular flexibility index (Phi) is 5.05. The van der Waals surface area contributed by atoms with Crippen LogP contribution < -0.4 is 0 Å². The molecule has 0 radical (unpaired) electrons. The Balaban J connectivity index is 2.43. The minimum Gasteiger partial charge on any atom is -0.384 e. The molecular weight excluding hydrogens is 265 g/mol. The first-order valence-corrected chi connectivity index (χ1v) is 5.29. The fraction of sp³-hybridized carbons (Fsp3) is 0.333. The third-order valence-electron chi connectivity index (χ3n) is 2.10. The van der Waals surface area contributed by atoms with E-state index in [4.69, 9.17) is 4.74 Å². The molecule has 0 aliphatic heterocycles. The Morgan fingerprint density at radius 3 is 2.32 bits per heavy atom. The Hall–Kier alpha value is -1.89. The highest BCUT2D eigenvalue weighted by atomic mass is 19.4. The number of carbonyl (C=O) groups excluding carboxylic acids is 2. The van der Waals surface area contributed by atoms with Gasteiger partial charge in [0.25, 0.3) is 0 Å². The van der Waals surface area contributed by atoms with Crippen LogP contribution in [0.1, 0.15) is 12.5 Å². The van der Waals surface area contributed by atoms with Crippen molar-refractivity contribution in [1.29, 1.82) is 0 Å². The first kappa shape index (κ1) is 15.2. The molecule has 19 heavy (non-hydrogen) atoms. The van der Waals surface area contributed by atoms with Gasteiger partial charge in [-0.25, -0.2) is 9.59 Å². The summed E-state index contributed by atoms with van der Waals surface area (Å²) in [6.45, 7) is 1.23. The van der Waals surface area contributed by atoms with Crippen LogP contribution in [0, 0.1) is 0 Å². The summed E-state index contributed by atoms with van der Waals surface area (Å²) in [7, 11) is 0. The molecule has 0 fully saturated rings. The Labute approximate surface area is 107 Å². The van der Waals surface area contributed by atoms with E-state index in [1.54, 1.807) is 30.3 Å². The van der Waals surface area contributed by atoms with Gasteiger partial charge in [-0.15, -0.1) is 0 Å². The van der Waals surface area contributed by atoms with Crippen LogP contribution in [0.5, 0.6) is 0 Å². The number of rotatable bonds is 4. The number of esters is 2. The van der Waals surface area contributed by atoms with Gasteiger partial charge >= 0.3 is 18.1 Å². The van der Waals surface area contributed by atoms with Gasteiger partial charge in [-0.3, -0.25) is 0 Å². The van der Waals surface area contributed by atoms with Crippen molar-refractivity contribution in [3.63, 3.8) is 0 Å². The van der Waals surface area contributed by atoms with Crippen molar-refractivity contribution in [3.05, 3.63) is 35.9 Å². The van der Waals surface area contributed by atoms with Gasteiger partial charge in [0.2, 0.25) is 0 Å². The molecule has 4 nitrogen and oxygen atoms in total. The zero-order valence-electron chi connectivity index (χ0n) is 9.94. The van der Waals surface area contributed by atoms with Gasteiger partial charge in [0.05, 0.1) is 6.61 Å². The molecule has 7 heteroatoms. The van der Waals surface area contributed by atoms with Crippen LogP contribution in [0.25, 0.3) is 0 Å². The first-order chi connectivity index (χ1) is 8.80. The molecule has 1 unspecified atom stereocenters. The largest absolute Gasteiger partial charge is 0.491 e. The van der Waals surface area contributed by atoms with E-state index in [1.165, 1.54) is 6.92 Å². The molecule has 0 bridgehead atoms. The molecule has 1 rings (SSSR count). The second kappa shape index (κ2) is 6.33. The SMILES string of the molecule is CC(OCc1ccccc1)C(=O)OC(=O)C(F)(F)F. The lowest BCUT2D eigenvalue weighted by molar-refractivity contribution is -0.205. The minimum absolute atomic E-state index is 0.0251. The lowest BCUT2D eigenvalue weighted by atomic mass is 10.2. The maximum atomic E-state index is 11.9. The minimum atomic E-state index is -5.20. The number of ether oxygens (including phenoxy) is 2. The zero-order valence-corrected chi connectivity index (χ0v) is 9.94. The van der Waals surface area contributed by atoms with Gasteiger partial charge in [-0.2, -0.15) is 13.2 Å². The number of carbonyl (C=O) groups is 2. The molecule has 104 valence electrons. The number of alkyl halides is 3. The van der Waals surface area contributed by atoms with E-state index >= 15 is 0 Å². The molecule has 1 aromatic rings. The van der Waals surface area contributed by atoms with E-state index in [2.05, 4.69) is 4.74 Å². The van der Waals surface area contributed by atoms with Crippen molar-refractivity contribution in [2.45, 2.75) is 25.8 Å². The van der Waals surface area contributed by atoms with Crippen LogP contribution in [0.4, 0.5) is 13.2 Å². The molecule has 1 atom stereocenters. The molecule has 1 aromatic carbocycles. The molecule has 0 aromatic heterocycles. The second-order valence-electron chi connectivity index (χ2n) is 3.65. The summed E-state index contributed by atoms with van der Waals surface area (Å²) in [5.41, 5.74) is 0.740. The van der Waals surface area contributed by atoms with Crippen LogP contribution in [-0.2, 0) is 25.7 Å². The van der Waals surface area contributed by atoms with E-state index in [-0.39, 0.29) is 6.61 Å². The Bertz CT molecular complexity index is 442. The Morgan fingerprint density at radius 1 is 1.21 bits per heavy atom. The van der Waals surface area contributed by atoms with Gasteiger partial charge in [-0.1, -0.05) is 30.3 Å². The molecule has 0 spiro atoms. The van der Waals surface area contributed by atoms with Crippen molar-refractivity contribution >= 4 is 11.9 Å². The van der Waals surface area contributed by atoms with Crippen molar-refractivity contribution in [3.8, 4) is 0 Å². The number of benzene rings is 1. The molecule has 0 amide bonds. The van der Waals surface area contributed by atoms with E-state index in [9.17, 15) is 22.8 Å². The molecule has 0 aliphatic rings. The van der Waals surface area contributed by atoms with E-state index in [0.29, 0.717) is 0 Å². The standard InChI is InChI=1S/C12H11F3O4/c1-8(10(16)19-11(17)12(13,14)15)18-7-9-5-3-2-4-6-9/h2-6,8H,7H2,1H3. The first-order valence-electron chi connectivity index (χ1n) is 5.29. The van der Waals surface area contributed by atoms with Crippen LogP contribution in [-0.4, -0.2) is 24.2 Å². The molecule has 0 aliphatic carbocycles. The van der Waals surface area contributed by atoms with Crippen molar-refractivity contribution < 1.29 is 32.2 Å². The summed E-state index contributed by atoms with van der Waals surface area (Å²) in [6, 6.07) is 8.71. The van der Waals surface area contributed by atoms with Gasteiger partial charge < -0.3 is 9.47 Å². The maximum absolute atomic E-state index is 11.9. The van der Waals surface area contributed by atoms with Crippen molar-refractivity contribution in [2.75, 3.05) is 0 Å². The van der Waals surface area contributed by atoms with Crippen molar-refractivity contribution in [2.24, 2.45) is 0 Å². The quantitative estimate of drug-likeness (QED) is 0.625. The average Bonchev–Trinajstić information content (AvgIpc) is 2.35. The lowest BCUT2D eigenvalue weighted by Gasteiger charge is -2.12. The van der Waals surface area contributed by atoms with Gasteiger partial charge in [0.15, 0.2) is 6.10 Å². The third-order valence-corrected chi connectivity index (χ3v) is 2.10. The predicted molar refractivity (Wildman–Crippen MR) is 57.8 cm³/mol. The van der Waals surface area contributed by atoms with E-state index < -0.39 is 24.2 Å². The monoisotopic (exact) mass is 276 g/mol. The molecule has 0 N–H and O–H groups in total. The average molecular weight is 276 g/mol. The highest BCUT2D eigenvalue weighted by Gasteiger charge is 2.43. The van der Waals surface area contributed by atoms with Crippen LogP contribution >= 0.6 is 0 Å². The fourth-order valence-corrected chi connectivity index (χ4v) is 1.10. The molecular formula is C12H11F3O4. The second-order valence-corrected chi connectivity index (χ2v) is 3.65. The zero-order chi connectivity index (χ0) is 14.5. The maximum Gasteiger partial charge on any atom is 0.491 e.